The lowest BCUT2D eigenvalue weighted by Gasteiger charge is -2.36. The molecule has 0 bridgehead atoms. The standard InChI is InChI=1S/C23H29N3O3/c1-23(2,3)18-8-10-19(11-9-18)24-22(28)26-14-12-25(13-15-26)20-7-5-6-17(16-20)21(27)29-4/h5-11,16H,12-15H2,1-4H3,(H,24,28). The summed E-state index contributed by atoms with van der Waals surface area (Å²) in [5.41, 5.74) is 3.62. The van der Waals surface area contributed by atoms with Gasteiger partial charge in [-0.1, -0.05) is 39.0 Å². The van der Waals surface area contributed by atoms with Crippen LogP contribution in [0.15, 0.2) is 48.5 Å². The minimum atomic E-state index is -0.345. The Labute approximate surface area is 172 Å². The number of carbonyl (C=O) groups excluding carboxylic acids is 2. The summed E-state index contributed by atoms with van der Waals surface area (Å²) >= 11 is 0. The summed E-state index contributed by atoms with van der Waals surface area (Å²) in [6.45, 7) is 9.16. The number of ether oxygens (including phenoxy) is 1. The Kier molecular flexibility index (Phi) is 6.11. The molecule has 0 unspecified atom stereocenters. The summed E-state index contributed by atoms with van der Waals surface area (Å²) in [5.74, 6) is -0.345. The van der Waals surface area contributed by atoms with E-state index in [4.69, 9.17) is 4.74 Å². The van der Waals surface area contributed by atoms with Gasteiger partial charge in [0.15, 0.2) is 0 Å². The molecule has 0 atom stereocenters. The fourth-order valence-electron chi connectivity index (χ4n) is 3.37. The normalized spacial score (nSPS) is 14.5. The fourth-order valence-corrected chi connectivity index (χ4v) is 3.37. The maximum Gasteiger partial charge on any atom is 0.337 e. The number of hydrogen-bond acceptors (Lipinski definition) is 4. The van der Waals surface area contributed by atoms with Crippen molar-refractivity contribution < 1.29 is 14.3 Å². The highest BCUT2D eigenvalue weighted by atomic mass is 16.5. The molecular formula is C23H29N3O3. The van der Waals surface area contributed by atoms with E-state index in [1.54, 1.807) is 6.07 Å². The molecule has 6 nitrogen and oxygen atoms in total. The summed E-state index contributed by atoms with van der Waals surface area (Å²) in [7, 11) is 1.38. The number of anilines is 2. The quantitative estimate of drug-likeness (QED) is 0.794. The van der Waals surface area contributed by atoms with E-state index < -0.39 is 0 Å². The van der Waals surface area contributed by atoms with Crippen molar-refractivity contribution >= 4 is 23.4 Å². The molecular weight excluding hydrogens is 366 g/mol. The van der Waals surface area contributed by atoms with Gasteiger partial charge in [0, 0.05) is 37.6 Å². The molecule has 0 aromatic heterocycles. The van der Waals surface area contributed by atoms with Crippen molar-refractivity contribution in [2.45, 2.75) is 26.2 Å². The zero-order chi connectivity index (χ0) is 21.0. The van der Waals surface area contributed by atoms with E-state index in [0.29, 0.717) is 31.7 Å². The highest BCUT2D eigenvalue weighted by Crippen LogP contribution is 2.24. The zero-order valence-electron chi connectivity index (χ0n) is 17.6. The topological polar surface area (TPSA) is 61.9 Å². The van der Waals surface area contributed by atoms with Crippen molar-refractivity contribution in [2.24, 2.45) is 0 Å². The van der Waals surface area contributed by atoms with Crippen LogP contribution in [0, 0.1) is 0 Å². The molecule has 0 aliphatic carbocycles. The Balaban J connectivity index is 1.56. The first-order valence-corrected chi connectivity index (χ1v) is 9.88. The van der Waals surface area contributed by atoms with Gasteiger partial charge in [0.25, 0.3) is 0 Å². The van der Waals surface area contributed by atoms with Gasteiger partial charge in [-0.3, -0.25) is 0 Å². The number of amides is 2. The molecule has 1 aliphatic heterocycles. The maximum atomic E-state index is 12.6. The van der Waals surface area contributed by atoms with Gasteiger partial charge in [-0.05, 0) is 41.3 Å². The van der Waals surface area contributed by atoms with Crippen LogP contribution in [-0.2, 0) is 10.2 Å². The summed E-state index contributed by atoms with van der Waals surface area (Å²) in [6, 6.07) is 15.3. The SMILES string of the molecule is COC(=O)c1cccc(N2CCN(C(=O)Nc3ccc(C(C)(C)C)cc3)CC2)c1. The summed E-state index contributed by atoms with van der Waals surface area (Å²) in [6.07, 6.45) is 0. The van der Waals surface area contributed by atoms with Gasteiger partial charge >= 0.3 is 12.0 Å². The number of esters is 1. The Morgan fingerprint density at radius 1 is 0.966 bits per heavy atom. The second-order valence-corrected chi connectivity index (χ2v) is 8.27. The Morgan fingerprint density at radius 2 is 1.62 bits per heavy atom. The van der Waals surface area contributed by atoms with E-state index >= 15 is 0 Å². The third-order valence-corrected chi connectivity index (χ3v) is 5.20. The van der Waals surface area contributed by atoms with E-state index in [1.807, 2.05) is 35.2 Å². The molecule has 0 radical (unpaired) electrons. The van der Waals surface area contributed by atoms with Crippen molar-refractivity contribution in [1.29, 1.82) is 0 Å². The van der Waals surface area contributed by atoms with E-state index in [2.05, 4.69) is 43.1 Å². The summed E-state index contributed by atoms with van der Waals surface area (Å²) < 4.78 is 4.79. The lowest BCUT2D eigenvalue weighted by molar-refractivity contribution is 0.0600. The molecule has 29 heavy (non-hydrogen) atoms. The van der Waals surface area contributed by atoms with Crippen LogP contribution in [-0.4, -0.2) is 50.2 Å². The number of nitrogens with zero attached hydrogens (tertiary/aromatic N) is 2. The van der Waals surface area contributed by atoms with Gasteiger partial charge in [0.1, 0.15) is 0 Å². The predicted molar refractivity (Wildman–Crippen MR) is 116 cm³/mol. The van der Waals surface area contributed by atoms with Crippen molar-refractivity contribution in [1.82, 2.24) is 4.90 Å². The summed E-state index contributed by atoms with van der Waals surface area (Å²) in [5, 5.41) is 2.98. The molecule has 1 heterocycles. The maximum absolute atomic E-state index is 12.6. The number of benzene rings is 2. The second kappa shape index (κ2) is 8.55. The lowest BCUT2D eigenvalue weighted by Crippen LogP contribution is -2.50. The van der Waals surface area contributed by atoms with Crippen molar-refractivity contribution in [3.63, 3.8) is 0 Å². The molecule has 154 valence electrons. The number of methoxy groups -OCH3 is 1. The third kappa shape index (κ3) is 5.08. The number of carbonyl (C=O) groups is 2. The van der Waals surface area contributed by atoms with Gasteiger partial charge in [0.2, 0.25) is 0 Å². The first kappa shape index (κ1) is 20.7. The monoisotopic (exact) mass is 395 g/mol. The van der Waals surface area contributed by atoms with E-state index in [-0.39, 0.29) is 17.4 Å². The zero-order valence-corrected chi connectivity index (χ0v) is 17.6. The van der Waals surface area contributed by atoms with Crippen LogP contribution < -0.4 is 10.2 Å². The molecule has 0 saturated carbocycles. The van der Waals surface area contributed by atoms with Gasteiger partial charge < -0.3 is 19.9 Å². The largest absolute Gasteiger partial charge is 0.465 e. The van der Waals surface area contributed by atoms with Crippen LogP contribution in [0.2, 0.25) is 0 Å². The van der Waals surface area contributed by atoms with Crippen LogP contribution in [0.5, 0.6) is 0 Å². The smallest absolute Gasteiger partial charge is 0.337 e. The van der Waals surface area contributed by atoms with Crippen LogP contribution in [0.25, 0.3) is 0 Å². The highest BCUT2D eigenvalue weighted by molar-refractivity contribution is 5.91. The molecule has 1 fully saturated rings. The van der Waals surface area contributed by atoms with E-state index in [1.165, 1.54) is 12.7 Å². The van der Waals surface area contributed by atoms with Crippen molar-refractivity contribution in [3.8, 4) is 0 Å². The van der Waals surface area contributed by atoms with E-state index in [9.17, 15) is 9.59 Å². The van der Waals surface area contributed by atoms with Gasteiger partial charge in [0.05, 0.1) is 12.7 Å². The molecule has 1 N–H and O–H groups in total. The molecule has 2 amide bonds. The van der Waals surface area contributed by atoms with Crippen LogP contribution in [0.4, 0.5) is 16.2 Å². The average Bonchev–Trinajstić information content (AvgIpc) is 2.73. The molecule has 2 aromatic carbocycles. The number of rotatable bonds is 3. The number of nitrogens with one attached hydrogen (secondary N) is 1. The minimum Gasteiger partial charge on any atom is -0.465 e. The van der Waals surface area contributed by atoms with Gasteiger partial charge in [-0.15, -0.1) is 0 Å². The molecule has 1 saturated heterocycles. The second-order valence-electron chi connectivity index (χ2n) is 8.27. The first-order valence-electron chi connectivity index (χ1n) is 9.88. The third-order valence-electron chi connectivity index (χ3n) is 5.20. The molecule has 3 rings (SSSR count). The van der Waals surface area contributed by atoms with Gasteiger partial charge in [-0.2, -0.15) is 0 Å². The molecule has 2 aromatic rings. The van der Waals surface area contributed by atoms with Crippen LogP contribution in [0.1, 0.15) is 36.7 Å². The highest BCUT2D eigenvalue weighted by Gasteiger charge is 2.22. The first-order chi connectivity index (χ1) is 13.8. The summed E-state index contributed by atoms with van der Waals surface area (Å²) in [4.78, 5) is 28.3. The molecule has 6 heteroatoms. The molecule has 0 spiro atoms. The van der Waals surface area contributed by atoms with Crippen LogP contribution >= 0.6 is 0 Å². The number of hydrogen-bond donors (Lipinski definition) is 1. The van der Waals surface area contributed by atoms with Crippen molar-refractivity contribution in [2.75, 3.05) is 43.5 Å². The lowest BCUT2D eigenvalue weighted by atomic mass is 9.87. The Bertz CT molecular complexity index is 864. The minimum absolute atomic E-state index is 0.0866. The van der Waals surface area contributed by atoms with Crippen LogP contribution in [0.3, 0.4) is 0 Å². The number of piperazine rings is 1. The van der Waals surface area contributed by atoms with E-state index in [0.717, 1.165) is 11.4 Å². The molecule has 1 aliphatic rings. The van der Waals surface area contributed by atoms with Crippen molar-refractivity contribution in [3.05, 3.63) is 59.7 Å². The number of urea groups is 1. The fraction of sp³-hybridized carbons (Fsp3) is 0.391. The Hall–Kier alpha value is -3.02. The van der Waals surface area contributed by atoms with Gasteiger partial charge in [-0.25, -0.2) is 9.59 Å². The Morgan fingerprint density at radius 3 is 2.21 bits per heavy atom. The average molecular weight is 396 g/mol. The predicted octanol–water partition coefficient (Wildman–Crippen LogP) is 4.12.